The standard InChI is InChI=1S/C15H21N3O9/c1-7(20)16-8(14(24)25)2-4-17-10(21)3-5-18(15(17)26)13-12(23)11(22)9(6-19)27-13/h3,5,8-9,11-13,19,22-23H,2,4,6H2,1H3,(H,16,20)(H,24,25)/t8?,9-,11-,12-,13-/m1/s1. The molecule has 5 atom stereocenters. The Morgan fingerprint density at radius 3 is 2.48 bits per heavy atom. The second-order valence-electron chi connectivity index (χ2n) is 6.10. The van der Waals surface area contributed by atoms with Gasteiger partial charge in [0.25, 0.3) is 5.56 Å². The summed E-state index contributed by atoms with van der Waals surface area (Å²) in [5.41, 5.74) is -1.61. The number of nitrogens with one attached hydrogen (secondary N) is 1. The Morgan fingerprint density at radius 1 is 1.30 bits per heavy atom. The van der Waals surface area contributed by atoms with Crippen molar-refractivity contribution in [2.45, 2.75) is 50.5 Å². The van der Waals surface area contributed by atoms with Gasteiger partial charge in [-0.1, -0.05) is 0 Å². The van der Waals surface area contributed by atoms with Crippen molar-refractivity contribution in [2.24, 2.45) is 0 Å². The maximum atomic E-state index is 12.6. The lowest BCUT2D eigenvalue weighted by atomic mass is 10.1. The lowest BCUT2D eigenvalue weighted by Gasteiger charge is -2.19. The molecule has 1 aliphatic heterocycles. The van der Waals surface area contributed by atoms with Crippen LogP contribution in [-0.2, 0) is 20.9 Å². The molecule has 0 spiro atoms. The molecular weight excluding hydrogens is 366 g/mol. The lowest BCUT2D eigenvalue weighted by molar-refractivity contribution is -0.141. The molecule has 1 unspecified atom stereocenters. The first-order valence-electron chi connectivity index (χ1n) is 8.11. The molecule has 27 heavy (non-hydrogen) atoms. The van der Waals surface area contributed by atoms with E-state index in [9.17, 15) is 29.4 Å². The maximum Gasteiger partial charge on any atom is 0.333 e. The first kappa shape index (κ1) is 20.8. The van der Waals surface area contributed by atoms with Gasteiger partial charge in [-0.25, -0.2) is 9.59 Å². The van der Waals surface area contributed by atoms with E-state index in [1.165, 1.54) is 0 Å². The molecule has 0 bridgehead atoms. The van der Waals surface area contributed by atoms with Crippen LogP contribution in [0.15, 0.2) is 21.9 Å². The van der Waals surface area contributed by atoms with Gasteiger partial charge in [-0.15, -0.1) is 0 Å². The molecule has 2 rings (SSSR count). The van der Waals surface area contributed by atoms with Gasteiger partial charge in [0.1, 0.15) is 24.4 Å². The second-order valence-corrected chi connectivity index (χ2v) is 6.10. The number of amides is 1. The van der Waals surface area contributed by atoms with Crippen molar-refractivity contribution in [1.29, 1.82) is 0 Å². The average molecular weight is 387 g/mol. The number of aliphatic hydroxyl groups is 3. The second kappa shape index (κ2) is 8.43. The quantitative estimate of drug-likeness (QED) is 0.319. The zero-order valence-corrected chi connectivity index (χ0v) is 14.4. The Bertz CT molecular complexity index is 817. The third-order valence-corrected chi connectivity index (χ3v) is 4.20. The topological polar surface area (TPSA) is 180 Å². The summed E-state index contributed by atoms with van der Waals surface area (Å²) in [7, 11) is 0. The number of carbonyl (C=O) groups excluding carboxylic acids is 1. The molecule has 150 valence electrons. The van der Waals surface area contributed by atoms with E-state index in [0.717, 1.165) is 28.3 Å². The number of rotatable bonds is 7. The number of hydrogen-bond donors (Lipinski definition) is 5. The van der Waals surface area contributed by atoms with Gasteiger partial charge in [-0.05, 0) is 6.42 Å². The van der Waals surface area contributed by atoms with Gasteiger partial charge in [-0.2, -0.15) is 0 Å². The first-order valence-corrected chi connectivity index (χ1v) is 8.11. The van der Waals surface area contributed by atoms with Crippen molar-refractivity contribution in [3.8, 4) is 0 Å². The highest BCUT2D eigenvalue weighted by Gasteiger charge is 2.43. The smallest absolute Gasteiger partial charge is 0.333 e. The summed E-state index contributed by atoms with van der Waals surface area (Å²) in [5.74, 6) is -1.90. The normalized spacial score (nSPS) is 25.9. The van der Waals surface area contributed by atoms with Crippen LogP contribution in [0.1, 0.15) is 19.6 Å². The zero-order chi connectivity index (χ0) is 20.3. The van der Waals surface area contributed by atoms with Crippen molar-refractivity contribution in [2.75, 3.05) is 6.61 Å². The minimum atomic E-state index is -1.52. The largest absolute Gasteiger partial charge is 0.480 e. The van der Waals surface area contributed by atoms with Gasteiger partial charge in [-0.3, -0.25) is 18.7 Å². The fourth-order valence-corrected chi connectivity index (χ4v) is 2.80. The molecule has 5 N–H and O–H groups in total. The number of carboxylic acid groups (broad SMARTS) is 1. The first-order chi connectivity index (χ1) is 12.7. The highest BCUT2D eigenvalue weighted by atomic mass is 16.6. The van der Waals surface area contributed by atoms with Gasteiger partial charge in [0.2, 0.25) is 5.91 Å². The summed E-state index contributed by atoms with van der Waals surface area (Å²) in [6.07, 6.45) is -4.54. The molecule has 1 aliphatic rings. The van der Waals surface area contributed by atoms with Crippen LogP contribution >= 0.6 is 0 Å². The summed E-state index contributed by atoms with van der Waals surface area (Å²) in [6, 6.07) is -0.277. The molecule has 12 nitrogen and oxygen atoms in total. The van der Waals surface area contributed by atoms with E-state index >= 15 is 0 Å². The van der Waals surface area contributed by atoms with Crippen LogP contribution in [0.3, 0.4) is 0 Å². The van der Waals surface area contributed by atoms with Gasteiger partial charge < -0.3 is 30.5 Å². The molecular formula is C15H21N3O9. The van der Waals surface area contributed by atoms with Crippen molar-refractivity contribution < 1.29 is 34.8 Å². The molecule has 0 radical (unpaired) electrons. The number of ether oxygens (including phenoxy) is 1. The third-order valence-electron chi connectivity index (χ3n) is 4.20. The van der Waals surface area contributed by atoms with E-state index in [2.05, 4.69) is 5.32 Å². The summed E-state index contributed by atoms with van der Waals surface area (Å²) in [5, 5.41) is 40.2. The summed E-state index contributed by atoms with van der Waals surface area (Å²) >= 11 is 0. The minimum Gasteiger partial charge on any atom is -0.480 e. The zero-order valence-electron chi connectivity index (χ0n) is 14.4. The van der Waals surface area contributed by atoms with Crippen LogP contribution in [0.5, 0.6) is 0 Å². The van der Waals surface area contributed by atoms with Gasteiger partial charge >= 0.3 is 11.7 Å². The Hall–Kier alpha value is -2.54. The van der Waals surface area contributed by atoms with Crippen LogP contribution in [0.2, 0.25) is 0 Å². The van der Waals surface area contributed by atoms with Crippen LogP contribution in [-0.4, -0.2) is 72.4 Å². The molecule has 1 saturated heterocycles. The predicted octanol–water partition coefficient (Wildman–Crippen LogP) is -3.40. The lowest BCUT2D eigenvalue weighted by Crippen LogP contribution is -2.45. The van der Waals surface area contributed by atoms with E-state index in [4.69, 9.17) is 14.9 Å². The van der Waals surface area contributed by atoms with Crippen molar-refractivity contribution >= 4 is 11.9 Å². The number of aliphatic hydroxyl groups excluding tert-OH is 3. The fraction of sp³-hybridized carbons (Fsp3) is 0.600. The Labute approximate surface area is 152 Å². The van der Waals surface area contributed by atoms with Crippen LogP contribution in [0, 0.1) is 0 Å². The highest BCUT2D eigenvalue weighted by Crippen LogP contribution is 2.27. The van der Waals surface area contributed by atoms with E-state index in [1.807, 2.05) is 0 Å². The minimum absolute atomic E-state index is 0.232. The molecule has 1 amide bonds. The Morgan fingerprint density at radius 2 is 1.96 bits per heavy atom. The fourth-order valence-electron chi connectivity index (χ4n) is 2.80. The molecule has 0 saturated carbocycles. The monoisotopic (exact) mass is 387 g/mol. The van der Waals surface area contributed by atoms with E-state index in [1.54, 1.807) is 0 Å². The molecule has 2 heterocycles. The molecule has 12 heteroatoms. The van der Waals surface area contributed by atoms with Crippen molar-refractivity contribution in [3.05, 3.63) is 33.1 Å². The van der Waals surface area contributed by atoms with Gasteiger partial charge in [0.05, 0.1) is 6.61 Å². The average Bonchev–Trinajstić information content (AvgIpc) is 2.88. The molecule has 1 aromatic rings. The number of hydrogen-bond acceptors (Lipinski definition) is 8. The molecule has 0 aliphatic carbocycles. The van der Waals surface area contributed by atoms with Gasteiger partial charge in [0, 0.05) is 25.7 Å². The van der Waals surface area contributed by atoms with Crippen LogP contribution in [0.4, 0.5) is 0 Å². The van der Waals surface area contributed by atoms with Gasteiger partial charge in [0.15, 0.2) is 6.23 Å². The highest BCUT2D eigenvalue weighted by molar-refractivity contribution is 5.81. The van der Waals surface area contributed by atoms with E-state index in [-0.39, 0.29) is 13.0 Å². The van der Waals surface area contributed by atoms with Crippen LogP contribution < -0.4 is 16.6 Å². The summed E-state index contributed by atoms with van der Waals surface area (Å²) in [4.78, 5) is 46.8. The molecule has 1 fully saturated rings. The summed E-state index contributed by atoms with van der Waals surface area (Å²) < 4.78 is 6.86. The molecule has 0 aromatic carbocycles. The number of carboxylic acids is 1. The van der Waals surface area contributed by atoms with Crippen molar-refractivity contribution in [3.63, 3.8) is 0 Å². The van der Waals surface area contributed by atoms with E-state index in [0.29, 0.717) is 0 Å². The third kappa shape index (κ3) is 4.42. The number of aliphatic carboxylic acids is 1. The Balaban J connectivity index is 2.28. The number of nitrogens with zero attached hydrogens (tertiary/aromatic N) is 2. The summed E-state index contributed by atoms with van der Waals surface area (Å²) in [6.45, 7) is 0.240. The Kier molecular flexibility index (Phi) is 6.49. The molecule has 1 aromatic heterocycles. The predicted molar refractivity (Wildman–Crippen MR) is 87.8 cm³/mol. The maximum absolute atomic E-state index is 12.6. The van der Waals surface area contributed by atoms with E-state index < -0.39 is 60.3 Å². The SMILES string of the molecule is CC(=O)NC(CCn1c(=O)ccn([C@@H]2O[C@H](CO)[C@@H](O)[C@H]2O)c1=O)C(=O)O. The number of aromatic nitrogens is 2. The number of carbonyl (C=O) groups is 2. The van der Waals surface area contributed by atoms with Crippen LogP contribution in [0.25, 0.3) is 0 Å². The van der Waals surface area contributed by atoms with Crippen molar-refractivity contribution in [1.82, 2.24) is 14.5 Å².